The molecule has 0 aliphatic rings. The van der Waals surface area contributed by atoms with Gasteiger partial charge < -0.3 is 15.8 Å². The second kappa shape index (κ2) is 6.95. The molecule has 114 valence electrons. The van der Waals surface area contributed by atoms with E-state index >= 15 is 0 Å². The van der Waals surface area contributed by atoms with E-state index in [0.29, 0.717) is 21.9 Å². The van der Waals surface area contributed by atoms with Crippen molar-refractivity contribution in [1.29, 1.82) is 0 Å². The van der Waals surface area contributed by atoms with Crippen LogP contribution in [0.1, 0.15) is 26.3 Å². The fourth-order valence-corrected chi connectivity index (χ4v) is 2.14. The average molecular weight is 319 g/mol. The lowest BCUT2D eigenvalue weighted by atomic mass is 10.1. The van der Waals surface area contributed by atoms with E-state index in [-0.39, 0.29) is 12.5 Å². The molecule has 0 bridgehead atoms. The SMILES string of the molecule is COc1ccc(Cl)cc1C(=O)NCc1cccc(C(N)=O)c1. The van der Waals surface area contributed by atoms with Crippen LogP contribution in [-0.2, 0) is 6.54 Å². The number of hydrogen-bond acceptors (Lipinski definition) is 3. The number of carbonyl (C=O) groups is 2. The third kappa shape index (κ3) is 3.77. The zero-order valence-electron chi connectivity index (χ0n) is 11.9. The third-order valence-electron chi connectivity index (χ3n) is 3.07. The standard InChI is InChI=1S/C16H15ClN2O3/c1-22-14-6-5-12(17)8-13(14)16(21)19-9-10-3-2-4-11(7-10)15(18)20/h2-8H,9H2,1H3,(H2,18,20)(H,19,21). The smallest absolute Gasteiger partial charge is 0.255 e. The zero-order chi connectivity index (χ0) is 16.1. The number of primary amides is 1. The Balaban J connectivity index is 2.12. The molecule has 2 aromatic rings. The highest BCUT2D eigenvalue weighted by Crippen LogP contribution is 2.22. The van der Waals surface area contributed by atoms with Crippen molar-refractivity contribution in [3.05, 3.63) is 64.2 Å². The van der Waals surface area contributed by atoms with Crippen molar-refractivity contribution >= 4 is 23.4 Å². The van der Waals surface area contributed by atoms with Gasteiger partial charge in [-0.05, 0) is 35.9 Å². The quantitative estimate of drug-likeness (QED) is 0.888. The Kier molecular flexibility index (Phi) is 5.01. The van der Waals surface area contributed by atoms with Gasteiger partial charge in [-0.3, -0.25) is 9.59 Å². The molecule has 0 saturated heterocycles. The maximum atomic E-state index is 12.2. The maximum absolute atomic E-state index is 12.2. The molecule has 5 nitrogen and oxygen atoms in total. The zero-order valence-corrected chi connectivity index (χ0v) is 12.7. The Hall–Kier alpha value is -2.53. The average Bonchev–Trinajstić information content (AvgIpc) is 2.52. The summed E-state index contributed by atoms with van der Waals surface area (Å²) < 4.78 is 5.14. The number of nitrogens with two attached hydrogens (primary N) is 1. The molecule has 22 heavy (non-hydrogen) atoms. The van der Waals surface area contributed by atoms with Crippen LogP contribution < -0.4 is 15.8 Å². The highest BCUT2D eigenvalue weighted by Gasteiger charge is 2.12. The molecular weight excluding hydrogens is 304 g/mol. The molecule has 0 heterocycles. The first-order valence-corrected chi connectivity index (χ1v) is 6.89. The first-order chi connectivity index (χ1) is 10.5. The molecule has 0 radical (unpaired) electrons. The van der Waals surface area contributed by atoms with Gasteiger partial charge in [-0.25, -0.2) is 0 Å². The van der Waals surface area contributed by atoms with Gasteiger partial charge in [0, 0.05) is 17.1 Å². The van der Waals surface area contributed by atoms with Crippen molar-refractivity contribution in [3.8, 4) is 5.75 Å². The van der Waals surface area contributed by atoms with Crippen LogP contribution >= 0.6 is 11.6 Å². The number of ether oxygens (including phenoxy) is 1. The minimum Gasteiger partial charge on any atom is -0.496 e. The highest BCUT2D eigenvalue weighted by atomic mass is 35.5. The van der Waals surface area contributed by atoms with Gasteiger partial charge in [-0.1, -0.05) is 23.7 Å². The summed E-state index contributed by atoms with van der Waals surface area (Å²) in [5.74, 6) is -0.388. The van der Waals surface area contributed by atoms with Crippen molar-refractivity contribution in [2.24, 2.45) is 5.73 Å². The lowest BCUT2D eigenvalue weighted by molar-refractivity contribution is 0.0947. The summed E-state index contributed by atoms with van der Waals surface area (Å²) in [6.45, 7) is 0.260. The lowest BCUT2D eigenvalue weighted by Crippen LogP contribution is -2.23. The molecule has 2 amide bonds. The van der Waals surface area contributed by atoms with Gasteiger partial charge in [0.15, 0.2) is 0 Å². The Labute approximate surface area is 133 Å². The van der Waals surface area contributed by atoms with Crippen LogP contribution in [0.15, 0.2) is 42.5 Å². The third-order valence-corrected chi connectivity index (χ3v) is 3.31. The molecule has 6 heteroatoms. The molecule has 0 saturated carbocycles. The number of carbonyl (C=O) groups excluding carboxylic acids is 2. The lowest BCUT2D eigenvalue weighted by Gasteiger charge is -2.10. The van der Waals surface area contributed by atoms with E-state index in [9.17, 15) is 9.59 Å². The summed E-state index contributed by atoms with van der Waals surface area (Å²) in [5, 5.41) is 3.20. The molecule has 0 aromatic heterocycles. The van der Waals surface area contributed by atoms with Crippen molar-refractivity contribution in [1.82, 2.24) is 5.32 Å². The molecule has 0 atom stereocenters. The van der Waals surface area contributed by atoms with Gasteiger partial charge in [0.2, 0.25) is 5.91 Å². The minimum atomic E-state index is -0.510. The summed E-state index contributed by atoms with van der Waals surface area (Å²) in [6, 6.07) is 11.6. The Morgan fingerprint density at radius 3 is 2.68 bits per heavy atom. The molecule has 0 aliphatic heterocycles. The number of nitrogens with one attached hydrogen (secondary N) is 1. The van der Waals surface area contributed by atoms with E-state index in [4.69, 9.17) is 22.1 Å². The first-order valence-electron chi connectivity index (χ1n) is 6.51. The number of amides is 2. The molecule has 0 aliphatic carbocycles. The van der Waals surface area contributed by atoms with Gasteiger partial charge >= 0.3 is 0 Å². The van der Waals surface area contributed by atoms with Crippen molar-refractivity contribution in [3.63, 3.8) is 0 Å². The summed E-state index contributed by atoms with van der Waals surface area (Å²) >= 11 is 5.90. The van der Waals surface area contributed by atoms with E-state index in [1.165, 1.54) is 13.2 Å². The second-order valence-corrected chi connectivity index (χ2v) is 5.03. The van der Waals surface area contributed by atoms with Gasteiger partial charge in [0.25, 0.3) is 5.91 Å². The van der Waals surface area contributed by atoms with Crippen LogP contribution in [0.5, 0.6) is 5.75 Å². The monoisotopic (exact) mass is 318 g/mol. The summed E-state index contributed by atoms with van der Waals surface area (Å²) in [4.78, 5) is 23.4. The molecule has 0 spiro atoms. The van der Waals surface area contributed by atoms with Gasteiger partial charge in [-0.15, -0.1) is 0 Å². The van der Waals surface area contributed by atoms with Crippen molar-refractivity contribution in [2.75, 3.05) is 7.11 Å². The fraction of sp³-hybridized carbons (Fsp3) is 0.125. The topological polar surface area (TPSA) is 81.4 Å². The number of hydrogen-bond donors (Lipinski definition) is 2. The van der Waals surface area contributed by atoms with Crippen LogP contribution in [0, 0.1) is 0 Å². The number of rotatable bonds is 5. The minimum absolute atomic E-state index is 0.260. The Bertz CT molecular complexity index is 716. The fourth-order valence-electron chi connectivity index (χ4n) is 1.97. The van der Waals surface area contributed by atoms with E-state index in [1.54, 1.807) is 36.4 Å². The summed E-state index contributed by atoms with van der Waals surface area (Å²) in [5.41, 5.74) is 6.74. The van der Waals surface area contributed by atoms with Gasteiger partial charge in [0.05, 0.1) is 12.7 Å². The van der Waals surface area contributed by atoms with Crippen LogP contribution in [0.25, 0.3) is 0 Å². The van der Waals surface area contributed by atoms with Crippen LogP contribution in [0.4, 0.5) is 0 Å². The van der Waals surface area contributed by atoms with Gasteiger partial charge in [0.1, 0.15) is 5.75 Å². The van der Waals surface area contributed by atoms with E-state index in [0.717, 1.165) is 5.56 Å². The van der Waals surface area contributed by atoms with Gasteiger partial charge in [-0.2, -0.15) is 0 Å². The predicted molar refractivity (Wildman–Crippen MR) is 84.1 cm³/mol. The molecule has 0 fully saturated rings. The van der Waals surface area contributed by atoms with Crippen LogP contribution in [0.3, 0.4) is 0 Å². The van der Waals surface area contributed by atoms with Crippen LogP contribution in [0.2, 0.25) is 5.02 Å². The largest absolute Gasteiger partial charge is 0.496 e. The molecule has 0 unspecified atom stereocenters. The molecule has 2 aromatic carbocycles. The van der Waals surface area contributed by atoms with E-state index in [1.807, 2.05) is 0 Å². The first kappa shape index (κ1) is 15.9. The van der Waals surface area contributed by atoms with E-state index in [2.05, 4.69) is 5.32 Å². The number of methoxy groups -OCH3 is 1. The summed E-state index contributed by atoms with van der Waals surface area (Å²) in [6.07, 6.45) is 0. The normalized spacial score (nSPS) is 10.1. The van der Waals surface area contributed by atoms with Crippen LogP contribution in [-0.4, -0.2) is 18.9 Å². The summed E-state index contributed by atoms with van der Waals surface area (Å²) in [7, 11) is 1.48. The molecule has 2 rings (SSSR count). The number of halogens is 1. The Morgan fingerprint density at radius 1 is 1.23 bits per heavy atom. The Morgan fingerprint density at radius 2 is 2.00 bits per heavy atom. The highest BCUT2D eigenvalue weighted by molar-refractivity contribution is 6.31. The van der Waals surface area contributed by atoms with E-state index < -0.39 is 5.91 Å². The second-order valence-electron chi connectivity index (χ2n) is 4.59. The number of benzene rings is 2. The van der Waals surface area contributed by atoms with Crippen molar-refractivity contribution < 1.29 is 14.3 Å². The van der Waals surface area contributed by atoms with Crippen molar-refractivity contribution in [2.45, 2.75) is 6.54 Å². The maximum Gasteiger partial charge on any atom is 0.255 e. The molecule has 3 N–H and O–H groups in total. The molecular formula is C16H15ClN2O3. The predicted octanol–water partition coefficient (Wildman–Crippen LogP) is 2.38.